The average molecular weight is 699 g/mol. The number of nitrogens with zero attached hydrogens (tertiary/aromatic N) is 4. The molecule has 0 radical (unpaired) electrons. The van der Waals surface area contributed by atoms with E-state index in [1.54, 1.807) is 12.1 Å². The van der Waals surface area contributed by atoms with Gasteiger partial charge in [0.15, 0.2) is 0 Å². The van der Waals surface area contributed by atoms with Crippen LogP contribution in [0.15, 0.2) is 85.2 Å². The summed E-state index contributed by atoms with van der Waals surface area (Å²) in [6.45, 7) is 7.77. The Kier molecular flexibility index (Phi) is 17.5. The Morgan fingerprint density at radius 3 is 1.55 bits per heavy atom. The van der Waals surface area contributed by atoms with Crippen LogP contribution in [0.5, 0.6) is 0 Å². The number of rotatable bonds is 6. The molecule has 6 rings (SSSR count). The largest absolute Gasteiger partial charge is 1.00 e. The van der Waals surface area contributed by atoms with Gasteiger partial charge in [0, 0.05) is 49.7 Å². The minimum Gasteiger partial charge on any atom is -0.870 e. The Morgan fingerprint density at radius 2 is 1.14 bits per heavy atom. The smallest absolute Gasteiger partial charge is 0.870 e. The number of carboxylic acids is 1. The summed E-state index contributed by atoms with van der Waals surface area (Å²) < 4.78 is 15.4. The summed E-state index contributed by atoms with van der Waals surface area (Å²) >= 11 is 0. The third-order valence-electron chi connectivity index (χ3n) is 7.80. The fourth-order valence-electron chi connectivity index (χ4n) is 5.13. The number of aromatic carboxylic acids is 1. The van der Waals surface area contributed by atoms with E-state index in [0.717, 1.165) is 75.0 Å². The summed E-state index contributed by atoms with van der Waals surface area (Å²) in [6.07, 6.45) is 2.90. The number of methoxy groups -OCH3 is 1. The van der Waals surface area contributed by atoms with Crippen molar-refractivity contribution in [2.75, 3.05) is 72.8 Å². The first-order valence-corrected chi connectivity index (χ1v) is 16.0. The molecular formula is C39H39N4NaO7. The molecule has 2 aliphatic rings. The van der Waals surface area contributed by atoms with Gasteiger partial charge in [-0.05, 0) is 12.1 Å². The van der Waals surface area contributed by atoms with Gasteiger partial charge in [0.2, 0.25) is 0 Å². The standard InChI is InChI=1S/C20H20N2O3.C19H18N2O3.Na.H2O/c1-24-20(23)18-14-17(8-5-9-22-10-12-25-13-11-22)19(21-15-18)16-6-3-2-4-7-16;22-19(23)17-13-16(7-4-8-21-9-11-24-12-10-21)18(20-14-17)15-5-2-1-3-6-15;;/h2-4,6-7,14-15H,9-13H2,1H3;1-3,5-6,13-14H,8-12H2,(H,22,23);;1H2/q;;+1;/p-1. The third kappa shape index (κ3) is 12.4. The molecule has 2 fully saturated rings. The fraction of sp³-hybridized carbons (Fsp3) is 0.282. The molecule has 2 aromatic heterocycles. The van der Waals surface area contributed by atoms with E-state index in [-0.39, 0.29) is 40.6 Å². The van der Waals surface area contributed by atoms with Gasteiger partial charge in [-0.1, -0.05) is 84.3 Å². The molecule has 0 bridgehead atoms. The minimum atomic E-state index is -1.00. The molecule has 0 unspecified atom stereocenters. The molecule has 258 valence electrons. The zero-order chi connectivity index (χ0) is 34.3. The second-order valence-corrected chi connectivity index (χ2v) is 11.1. The van der Waals surface area contributed by atoms with Crippen molar-refractivity contribution in [2.45, 2.75) is 0 Å². The van der Waals surface area contributed by atoms with Crippen LogP contribution in [0.25, 0.3) is 22.5 Å². The number of ether oxygens (including phenoxy) is 3. The van der Waals surface area contributed by atoms with E-state index in [9.17, 15) is 14.7 Å². The van der Waals surface area contributed by atoms with E-state index in [0.29, 0.717) is 29.9 Å². The van der Waals surface area contributed by atoms with Gasteiger partial charge in [0.05, 0.1) is 80.3 Å². The summed E-state index contributed by atoms with van der Waals surface area (Å²) in [5.74, 6) is 11.2. The van der Waals surface area contributed by atoms with Gasteiger partial charge in [-0.25, -0.2) is 9.59 Å². The van der Waals surface area contributed by atoms with Gasteiger partial charge in [-0.3, -0.25) is 19.8 Å². The number of carboxylic acid groups (broad SMARTS) is 1. The van der Waals surface area contributed by atoms with E-state index in [1.807, 2.05) is 60.7 Å². The Hall–Kier alpha value is -4.40. The minimum absolute atomic E-state index is 0. The van der Waals surface area contributed by atoms with E-state index in [1.165, 1.54) is 19.5 Å². The van der Waals surface area contributed by atoms with Crippen molar-refractivity contribution >= 4 is 11.9 Å². The second-order valence-electron chi connectivity index (χ2n) is 11.1. The number of esters is 1. The molecule has 0 amide bonds. The molecule has 2 saturated heterocycles. The molecule has 4 heterocycles. The van der Waals surface area contributed by atoms with Gasteiger partial charge in [-0.15, -0.1) is 0 Å². The molecule has 2 aromatic carbocycles. The number of benzene rings is 2. The SMILES string of the molecule is COC(=O)c1cnc(-c2ccccc2)c(C#CCN2CCOCC2)c1.O=C(O)c1cnc(-c2ccccc2)c(C#CCN2CCOCC2)c1.[Na+].[OH-]. The Balaban J connectivity index is 0.000000265. The van der Waals surface area contributed by atoms with Crippen LogP contribution in [0.2, 0.25) is 0 Å². The molecule has 4 aromatic rings. The Labute approximate surface area is 320 Å². The third-order valence-corrected chi connectivity index (χ3v) is 7.80. The molecule has 0 aliphatic carbocycles. The van der Waals surface area contributed by atoms with Gasteiger partial charge < -0.3 is 24.8 Å². The molecule has 0 atom stereocenters. The van der Waals surface area contributed by atoms with Crippen molar-refractivity contribution in [2.24, 2.45) is 0 Å². The van der Waals surface area contributed by atoms with Crippen molar-refractivity contribution in [1.29, 1.82) is 0 Å². The Bertz CT molecular complexity index is 1840. The van der Waals surface area contributed by atoms with Crippen molar-refractivity contribution in [1.82, 2.24) is 19.8 Å². The Morgan fingerprint density at radius 1 is 0.725 bits per heavy atom. The zero-order valence-corrected chi connectivity index (χ0v) is 30.9. The van der Waals surface area contributed by atoms with E-state index in [4.69, 9.17) is 14.2 Å². The van der Waals surface area contributed by atoms with Crippen LogP contribution in [-0.4, -0.2) is 115 Å². The summed E-state index contributed by atoms with van der Waals surface area (Å²) in [5.41, 5.74) is 5.26. The van der Waals surface area contributed by atoms with Crippen LogP contribution in [0.3, 0.4) is 0 Å². The number of morpholine rings is 2. The van der Waals surface area contributed by atoms with Gasteiger partial charge in [0.25, 0.3) is 0 Å². The molecule has 12 heteroatoms. The topological polar surface area (TPSA) is 144 Å². The molecule has 2 N–H and O–H groups in total. The van der Waals surface area contributed by atoms with Crippen LogP contribution >= 0.6 is 0 Å². The van der Waals surface area contributed by atoms with Crippen molar-refractivity contribution in [3.63, 3.8) is 0 Å². The van der Waals surface area contributed by atoms with Crippen molar-refractivity contribution in [3.05, 3.63) is 107 Å². The maximum absolute atomic E-state index is 11.8. The summed E-state index contributed by atoms with van der Waals surface area (Å²) in [7, 11) is 1.36. The molecule has 2 aliphatic heterocycles. The molecule has 51 heavy (non-hydrogen) atoms. The summed E-state index contributed by atoms with van der Waals surface area (Å²) in [5, 5.41) is 9.19. The first kappa shape index (κ1) is 41.0. The quantitative estimate of drug-likeness (QED) is 0.176. The first-order valence-electron chi connectivity index (χ1n) is 16.0. The van der Waals surface area contributed by atoms with Gasteiger partial charge in [-0.2, -0.15) is 0 Å². The molecule has 11 nitrogen and oxygen atoms in total. The van der Waals surface area contributed by atoms with E-state index in [2.05, 4.69) is 43.4 Å². The normalized spacial score (nSPS) is 14.0. The first-order chi connectivity index (χ1) is 24.0. The zero-order valence-electron chi connectivity index (χ0n) is 28.9. The van der Waals surface area contributed by atoms with Gasteiger partial charge >= 0.3 is 41.5 Å². The van der Waals surface area contributed by atoms with Crippen LogP contribution in [-0.2, 0) is 14.2 Å². The number of carbonyl (C=O) groups is 2. The van der Waals surface area contributed by atoms with E-state index >= 15 is 0 Å². The molecule has 0 saturated carbocycles. The van der Waals surface area contributed by atoms with E-state index < -0.39 is 11.9 Å². The summed E-state index contributed by atoms with van der Waals surface area (Å²) in [4.78, 5) is 36.2. The number of pyridine rings is 2. The number of carbonyl (C=O) groups excluding carboxylic acids is 1. The van der Waals surface area contributed by atoms with Gasteiger partial charge in [0.1, 0.15) is 0 Å². The maximum atomic E-state index is 11.8. The van der Waals surface area contributed by atoms with Crippen LogP contribution in [0.4, 0.5) is 0 Å². The van der Waals surface area contributed by atoms with Crippen LogP contribution < -0.4 is 29.6 Å². The number of hydrogen-bond acceptors (Lipinski definition) is 10. The fourth-order valence-corrected chi connectivity index (χ4v) is 5.13. The molecule has 0 spiro atoms. The van der Waals surface area contributed by atoms with Crippen LogP contribution in [0, 0.1) is 23.7 Å². The second kappa shape index (κ2) is 21.7. The predicted octanol–water partition coefficient (Wildman–Crippen LogP) is 1.18. The molecular weight excluding hydrogens is 659 g/mol. The monoisotopic (exact) mass is 698 g/mol. The van der Waals surface area contributed by atoms with Crippen molar-refractivity contribution in [3.8, 4) is 46.2 Å². The maximum Gasteiger partial charge on any atom is 1.00 e. The summed E-state index contributed by atoms with van der Waals surface area (Å²) in [6, 6.07) is 22.8. The average Bonchev–Trinajstić information content (AvgIpc) is 3.16. The number of hydrogen-bond donors (Lipinski definition) is 1. The number of aromatic nitrogens is 2. The van der Waals surface area contributed by atoms with Crippen LogP contribution in [0.1, 0.15) is 31.8 Å². The van der Waals surface area contributed by atoms with Crippen molar-refractivity contribution < 1.29 is 63.9 Å². The predicted molar refractivity (Wildman–Crippen MR) is 188 cm³/mol.